The number of benzene rings is 2. The standard InChI is InChI=1S/C22H25N3O3/c1-14(2)25-13-17(12-20(25)26)22(28)23-18-10-8-16(9-11-18)21(27)24-19-7-5-4-6-15(19)3/h4-11,14,17H,12-13H2,1-3H3,(H,23,28)(H,24,27). The Bertz CT molecular complexity index is 890. The maximum Gasteiger partial charge on any atom is 0.255 e. The van der Waals surface area contributed by atoms with Crippen molar-refractivity contribution in [3.05, 3.63) is 59.7 Å². The smallest absolute Gasteiger partial charge is 0.255 e. The van der Waals surface area contributed by atoms with Gasteiger partial charge < -0.3 is 15.5 Å². The summed E-state index contributed by atoms with van der Waals surface area (Å²) in [7, 11) is 0. The van der Waals surface area contributed by atoms with Gasteiger partial charge in [0.2, 0.25) is 11.8 Å². The highest BCUT2D eigenvalue weighted by atomic mass is 16.2. The van der Waals surface area contributed by atoms with E-state index in [0.29, 0.717) is 17.8 Å². The number of nitrogens with one attached hydrogen (secondary N) is 2. The zero-order valence-corrected chi connectivity index (χ0v) is 16.4. The molecule has 0 aromatic heterocycles. The normalized spacial score (nSPS) is 16.4. The van der Waals surface area contributed by atoms with Crippen LogP contribution >= 0.6 is 0 Å². The lowest BCUT2D eigenvalue weighted by atomic mass is 10.1. The molecule has 1 fully saturated rings. The van der Waals surface area contributed by atoms with Gasteiger partial charge in [-0.25, -0.2) is 0 Å². The summed E-state index contributed by atoms with van der Waals surface area (Å²) in [5, 5.41) is 5.72. The topological polar surface area (TPSA) is 78.5 Å². The van der Waals surface area contributed by atoms with Gasteiger partial charge in [0.05, 0.1) is 5.92 Å². The first-order valence-corrected chi connectivity index (χ1v) is 9.42. The number of likely N-dealkylation sites (tertiary alicyclic amines) is 1. The molecule has 0 bridgehead atoms. The summed E-state index contributed by atoms with van der Waals surface area (Å²) in [4.78, 5) is 38.6. The number of rotatable bonds is 5. The van der Waals surface area contributed by atoms with Crippen molar-refractivity contribution in [1.29, 1.82) is 0 Å². The highest BCUT2D eigenvalue weighted by Crippen LogP contribution is 2.22. The third-order valence-electron chi connectivity index (χ3n) is 4.96. The van der Waals surface area contributed by atoms with E-state index in [4.69, 9.17) is 0 Å². The molecule has 3 amide bonds. The number of nitrogens with zero attached hydrogens (tertiary/aromatic N) is 1. The second-order valence-corrected chi connectivity index (χ2v) is 7.38. The summed E-state index contributed by atoms with van der Waals surface area (Å²) in [6, 6.07) is 14.4. The Morgan fingerprint density at radius 3 is 2.32 bits per heavy atom. The highest BCUT2D eigenvalue weighted by Gasteiger charge is 2.35. The minimum absolute atomic E-state index is 0.0124. The molecule has 28 heavy (non-hydrogen) atoms. The van der Waals surface area contributed by atoms with Crippen molar-refractivity contribution in [3.63, 3.8) is 0 Å². The fourth-order valence-corrected chi connectivity index (χ4v) is 3.26. The Morgan fingerprint density at radius 1 is 1.04 bits per heavy atom. The van der Waals surface area contributed by atoms with Crippen LogP contribution in [0.4, 0.5) is 11.4 Å². The zero-order valence-electron chi connectivity index (χ0n) is 16.4. The molecule has 2 aromatic carbocycles. The third kappa shape index (κ3) is 4.39. The van der Waals surface area contributed by atoms with Gasteiger partial charge in [0.1, 0.15) is 0 Å². The largest absolute Gasteiger partial charge is 0.339 e. The van der Waals surface area contributed by atoms with E-state index in [1.54, 1.807) is 29.2 Å². The van der Waals surface area contributed by atoms with Gasteiger partial charge >= 0.3 is 0 Å². The average Bonchev–Trinajstić information content (AvgIpc) is 3.06. The van der Waals surface area contributed by atoms with Gasteiger partial charge in [-0.3, -0.25) is 14.4 Å². The maximum atomic E-state index is 12.5. The van der Waals surface area contributed by atoms with Crippen molar-refractivity contribution in [2.24, 2.45) is 5.92 Å². The van der Waals surface area contributed by atoms with Crippen LogP contribution in [0.15, 0.2) is 48.5 Å². The number of carbonyl (C=O) groups excluding carboxylic acids is 3. The van der Waals surface area contributed by atoms with E-state index in [0.717, 1.165) is 11.3 Å². The van der Waals surface area contributed by atoms with Gasteiger partial charge in [-0.1, -0.05) is 18.2 Å². The van der Waals surface area contributed by atoms with E-state index < -0.39 is 0 Å². The minimum atomic E-state index is -0.348. The molecule has 2 N–H and O–H groups in total. The first-order chi connectivity index (χ1) is 13.3. The monoisotopic (exact) mass is 379 g/mol. The quantitative estimate of drug-likeness (QED) is 0.835. The van der Waals surface area contributed by atoms with Crippen molar-refractivity contribution in [3.8, 4) is 0 Å². The van der Waals surface area contributed by atoms with Crippen molar-refractivity contribution in [2.75, 3.05) is 17.2 Å². The molecule has 0 spiro atoms. The number of hydrogen-bond acceptors (Lipinski definition) is 3. The molecular weight excluding hydrogens is 354 g/mol. The van der Waals surface area contributed by atoms with Gasteiger partial charge in [0, 0.05) is 35.9 Å². The molecule has 1 saturated heterocycles. The summed E-state index contributed by atoms with van der Waals surface area (Å²) in [5.41, 5.74) is 2.86. The minimum Gasteiger partial charge on any atom is -0.339 e. The predicted octanol–water partition coefficient (Wildman–Crippen LogP) is 3.44. The molecule has 146 valence electrons. The molecule has 2 aromatic rings. The molecule has 1 heterocycles. The zero-order chi connectivity index (χ0) is 20.3. The fraction of sp³-hybridized carbons (Fsp3) is 0.318. The second-order valence-electron chi connectivity index (χ2n) is 7.38. The van der Waals surface area contributed by atoms with Crippen LogP contribution in [0.5, 0.6) is 0 Å². The van der Waals surface area contributed by atoms with E-state index in [9.17, 15) is 14.4 Å². The number of para-hydroxylation sites is 1. The molecule has 1 aliphatic rings. The van der Waals surface area contributed by atoms with Crippen LogP contribution in [0.25, 0.3) is 0 Å². The summed E-state index contributed by atoms with van der Waals surface area (Å²) in [6.07, 6.45) is 0.237. The molecule has 0 aliphatic carbocycles. The molecule has 0 saturated carbocycles. The lowest BCUT2D eigenvalue weighted by Gasteiger charge is -2.20. The van der Waals surface area contributed by atoms with Gasteiger partial charge in [-0.2, -0.15) is 0 Å². The molecular formula is C22H25N3O3. The van der Waals surface area contributed by atoms with E-state index in [2.05, 4.69) is 10.6 Å². The second kappa shape index (κ2) is 8.25. The van der Waals surface area contributed by atoms with Gasteiger partial charge in [0.25, 0.3) is 5.91 Å². The fourth-order valence-electron chi connectivity index (χ4n) is 3.26. The lowest BCUT2D eigenvalue weighted by molar-refractivity contribution is -0.129. The number of hydrogen-bond donors (Lipinski definition) is 2. The molecule has 6 nitrogen and oxygen atoms in total. The Hall–Kier alpha value is -3.15. The number of carbonyl (C=O) groups is 3. The number of aryl methyl sites for hydroxylation is 1. The number of anilines is 2. The first kappa shape index (κ1) is 19.6. The van der Waals surface area contributed by atoms with Crippen molar-refractivity contribution >= 4 is 29.1 Å². The van der Waals surface area contributed by atoms with Crippen molar-refractivity contribution in [1.82, 2.24) is 4.90 Å². The number of amides is 3. The van der Waals surface area contributed by atoms with Gasteiger partial charge in [0.15, 0.2) is 0 Å². The van der Waals surface area contributed by atoms with E-state index in [1.807, 2.05) is 45.0 Å². The Labute approximate surface area is 164 Å². The summed E-state index contributed by atoms with van der Waals surface area (Å²) < 4.78 is 0. The van der Waals surface area contributed by atoms with Crippen LogP contribution in [0.3, 0.4) is 0 Å². The highest BCUT2D eigenvalue weighted by molar-refractivity contribution is 6.05. The third-order valence-corrected chi connectivity index (χ3v) is 4.96. The summed E-state index contributed by atoms with van der Waals surface area (Å²) in [5.74, 6) is -0.716. The molecule has 1 aliphatic heterocycles. The molecule has 1 atom stereocenters. The summed E-state index contributed by atoms with van der Waals surface area (Å²) in [6.45, 7) is 6.26. The lowest BCUT2D eigenvalue weighted by Crippen LogP contribution is -2.33. The van der Waals surface area contributed by atoms with Crippen LogP contribution in [0.2, 0.25) is 0 Å². The van der Waals surface area contributed by atoms with Crippen LogP contribution in [-0.4, -0.2) is 35.2 Å². The van der Waals surface area contributed by atoms with Crippen molar-refractivity contribution < 1.29 is 14.4 Å². The Morgan fingerprint density at radius 2 is 1.71 bits per heavy atom. The van der Waals surface area contributed by atoms with Gasteiger partial charge in [-0.15, -0.1) is 0 Å². The SMILES string of the molecule is Cc1ccccc1NC(=O)c1ccc(NC(=O)C2CC(=O)N(C(C)C)C2)cc1. The van der Waals surface area contributed by atoms with E-state index in [-0.39, 0.29) is 36.1 Å². The summed E-state index contributed by atoms with van der Waals surface area (Å²) >= 11 is 0. The maximum absolute atomic E-state index is 12.5. The predicted molar refractivity (Wildman–Crippen MR) is 109 cm³/mol. The van der Waals surface area contributed by atoms with Crippen LogP contribution in [0.1, 0.15) is 36.2 Å². The first-order valence-electron chi connectivity index (χ1n) is 9.42. The van der Waals surface area contributed by atoms with Crippen LogP contribution in [-0.2, 0) is 9.59 Å². The van der Waals surface area contributed by atoms with Gasteiger partial charge in [-0.05, 0) is 56.7 Å². The van der Waals surface area contributed by atoms with E-state index in [1.165, 1.54) is 0 Å². The van der Waals surface area contributed by atoms with Crippen molar-refractivity contribution in [2.45, 2.75) is 33.2 Å². The van der Waals surface area contributed by atoms with E-state index >= 15 is 0 Å². The molecule has 1 unspecified atom stereocenters. The van der Waals surface area contributed by atoms with Crippen LogP contribution < -0.4 is 10.6 Å². The molecule has 6 heteroatoms. The van der Waals surface area contributed by atoms with Crippen LogP contribution in [0, 0.1) is 12.8 Å². The Kier molecular flexibility index (Phi) is 5.78. The average molecular weight is 379 g/mol. The molecule has 3 rings (SSSR count). The Balaban J connectivity index is 1.60. The molecule has 0 radical (unpaired) electrons.